The van der Waals surface area contributed by atoms with Gasteiger partial charge in [0.25, 0.3) is 11.8 Å². The molecule has 1 spiro atoms. The number of ether oxygens (including phenoxy) is 2. The Morgan fingerprint density at radius 3 is 2.46 bits per heavy atom. The standard InChI is InChI=1S/C41H45BrN6O5Si/c1-26-38(54(3,4)34-16-14-33(52-2)15-17-34)37(19-21-47-25-32(20-22-49)45-46-47)53-41(26)35-23-29(42)9-18-36(35)48(40(41)51)24-27-5-12-31(13-6-27)44-39(50)28-7-10-30(43)11-8-28/h5-18,23,25-26,37-38,49H,19-22,24,43H2,1-4H3,(H,44,50)/t26-,37+,38-,41+/m1/s1. The Labute approximate surface area is 324 Å². The summed E-state index contributed by atoms with van der Waals surface area (Å²) in [5.41, 5.74) is 9.72. The largest absolute Gasteiger partial charge is 0.497 e. The lowest BCUT2D eigenvalue weighted by atomic mass is 9.82. The number of aryl methyl sites for hydroxylation is 1. The second-order valence-corrected chi connectivity index (χ2v) is 20.3. The van der Waals surface area contributed by atoms with Gasteiger partial charge >= 0.3 is 0 Å². The molecule has 0 aliphatic carbocycles. The van der Waals surface area contributed by atoms with Crippen LogP contribution in [0.1, 0.15) is 40.5 Å². The van der Waals surface area contributed by atoms with Gasteiger partial charge in [0, 0.05) is 58.7 Å². The summed E-state index contributed by atoms with van der Waals surface area (Å²) >= 11 is 3.70. The summed E-state index contributed by atoms with van der Waals surface area (Å²) in [7, 11) is -0.668. The Bertz CT molecular complexity index is 2140. The summed E-state index contributed by atoms with van der Waals surface area (Å²) < 4.78 is 15.4. The van der Waals surface area contributed by atoms with Crippen LogP contribution >= 0.6 is 15.9 Å². The smallest absolute Gasteiger partial charge is 0.264 e. The first-order chi connectivity index (χ1) is 25.9. The van der Waals surface area contributed by atoms with E-state index < -0.39 is 13.7 Å². The number of hydrogen-bond donors (Lipinski definition) is 3. The molecule has 0 saturated carbocycles. The molecule has 2 aliphatic rings. The van der Waals surface area contributed by atoms with Crippen molar-refractivity contribution in [3.63, 3.8) is 0 Å². The number of rotatable bonds is 12. The molecule has 5 aromatic rings. The summed E-state index contributed by atoms with van der Waals surface area (Å²) in [6.07, 6.45) is 2.69. The van der Waals surface area contributed by atoms with Crippen molar-refractivity contribution in [1.29, 1.82) is 0 Å². The predicted molar refractivity (Wildman–Crippen MR) is 216 cm³/mol. The SMILES string of the molecule is COc1ccc([Si](C)(C)[C@H]2[C@H](CCn3cc(CCO)nn3)O[C@@]3(C(=O)N(Cc4ccc(NC(=O)c5ccc(N)cc5)cc4)c4ccc(Br)cc43)[C@@H]2C)cc1. The molecule has 0 bridgehead atoms. The van der Waals surface area contributed by atoms with E-state index in [9.17, 15) is 9.90 Å². The van der Waals surface area contributed by atoms with Crippen molar-refractivity contribution in [2.45, 2.75) is 63.2 Å². The molecule has 2 aliphatic heterocycles. The predicted octanol–water partition coefficient (Wildman–Crippen LogP) is 6.27. The van der Waals surface area contributed by atoms with Crippen molar-refractivity contribution >= 4 is 58.1 Å². The molecule has 0 unspecified atom stereocenters. The number of aromatic nitrogens is 3. The quantitative estimate of drug-likeness (QED) is 0.0989. The molecule has 280 valence electrons. The van der Waals surface area contributed by atoms with Crippen LogP contribution < -0.4 is 25.9 Å². The summed E-state index contributed by atoms with van der Waals surface area (Å²) in [4.78, 5) is 29.8. The number of nitrogens with one attached hydrogen (secondary N) is 1. The minimum absolute atomic E-state index is 0.00694. The number of nitrogens with zero attached hydrogens (tertiary/aromatic N) is 4. The van der Waals surface area contributed by atoms with Gasteiger partial charge in [0.2, 0.25) is 0 Å². The molecule has 4 atom stereocenters. The molecule has 1 saturated heterocycles. The van der Waals surface area contributed by atoms with Gasteiger partial charge in [-0.3, -0.25) is 14.3 Å². The maximum atomic E-state index is 15.2. The van der Waals surface area contributed by atoms with Gasteiger partial charge in [0.1, 0.15) is 5.75 Å². The number of methoxy groups -OCH3 is 1. The summed E-state index contributed by atoms with van der Waals surface area (Å²) in [5.74, 6) is 0.325. The Morgan fingerprint density at radius 2 is 1.78 bits per heavy atom. The van der Waals surface area contributed by atoms with Crippen LogP contribution in [-0.4, -0.2) is 59.8 Å². The molecule has 1 fully saturated rings. The van der Waals surface area contributed by atoms with Crippen LogP contribution in [-0.2, 0) is 34.6 Å². The van der Waals surface area contributed by atoms with Gasteiger partial charge in [0.05, 0.1) is 39.2 Å². The summed E-state index contributed by atoms with van der Waals surface area (Å²) in [5, 5.41) is 22.2. The van der Waals surface area contributed by atoms with Crippen molar-refractivity contribution < 1.29 is 24.2 Å². The fourth-order valence-electron chi connectivity index (χ4n) is 8.36. The summed E-state index contributed by atoms with van der Waals surface area (Å²) in [6.45, 7) is 7.81. The van der Waals surface area contributed by atoms with Crippen LogP contribution in [0.25, 0.3) is 0 Å². The number of nitrogens with two attached hydrogens (primary N) is 1. The van der Waals surface area contributed by atoms with E-state index in [4.69, 9.17) is 15.2 Å². The Kier molecular flexibility index (Phi) is 10.5. The number of nitrogen functional groups attached to an aromatic ring is 1. The van der Waals surface area contributed by atoms with Gasteiger partial charge in [-0.25, -0.2) is 0 Å². The average Bonchev–Trinajstić information content (AvgIpc) is 3.81. The van der Waals surface area contributed by atoms with Crippen molar-refractivity contribution in [3.8, 4) is 5.75 Å². The molecule has 4 aromatic carbocycles. The lowest BCUT2D eigenvalue weighted by molar-refractivity contribution is -0.146. The van der Waals surface area contributed by atoms with Crippen LogP contribution in [0.4, 0.5) is 17.1 Å². The highest BCUT2D eigenvalue weighted by Gasteiger charge is 2.66. The fourth-order valence-corrected chi connectivity index (χ4v) is 12.8. The second kappa shape index (κ2) is 15.1. The fraction of sp³-hybridized carbons (Fsp3) is 0.317. The molecule has 13 heteroatoms. The number of halogens is 1. The van der Waals surface area contributed by atoms with Crippen molar-refractivity contribution in [3.05, 3.63) is 124 Å². The number of aliphatic hydroxyl groups excluding tert-OH is 1. The van der Waals surface area contributed by atoms with E-state index in [-0.39, 0.29) is 36.0 Å². The van der Waals surface area contributed by atoms with E-state index in [2.05, 4.69) is 63.7 Å². The number of aliphatic hydroxyl groups is 1. The molecule has 7 rings (SSSR count). The molecule has 4 N–H and O–H groups in total. The van der Waals surface area contributed by atoms with Gasteiger partial charge in [-0.15, -0.1) is 5.10 Å². The van der Waals surface area contributed by atoms with Crippen LogP contribution in [0.3, 0.4) is 0 Å². The first-order valence-corrected chi connectivity index (χ1v) is 22.0. The Balaban J connectivity index is 1.20. The normalized spacial score (nSPS) is 20.7. The van der Waals surface area contributed by atoms with Crippen LogP contribution in [0.2, 0.25) is 18.6 Å². The van der Waals surface area contributed by atoms with E-state index in [1.165, 1.54) is 5.19 Å². The minimum Gasteiger partial charge on any atom is -0.497 e. The van der Waals surface area contributed by atoms with Crippen LogP contribution in [0, 0.1) is 5.92 Å². The molecule has 2 amide bonds. The molecule has 54 heavy (non-hydrogen) atoms. The molecule has 3 heterocycles. The second-order valence-electron chi connectivity index (χ2n) is 14.7. The number of benzene rings is 4. The summed E-state index contributed by atoms with van der Waals surface area (Å²) in [6, 6.07) is 28.7. The third-order valence-electron chi connectivity index (χ3n) is 11.1. The number of carbonyl (C=O) groups excluding carboxylic acids is 2. The van der Waals surface area contributed by atoms with E-state index in [0.29, 0.717) is 42.9 Å². The van der Waals surface area contributed by atoms with Gasteiger partial charge in [-0.1, -0.05) is 70.6 Å². The molecule has 1 aromatic heterocycles. The maximum absolute atomic E-state index is 15.2. The van der Waals surface area contributed by atoms with E-state index >= 15 is 4.79 Å². The van der Waals surface area contributed by atoms with Crippen molar-refractivity contribution in [2.24, 2.45) is 5.92 Å². The zero-order valence-corrected chi connectivity index (χ0v) is 33.4. The Hall–Kier alpha value is -4.82. The zero-order chi connectivity index (χ0) is 38.2. The molecule has 11 nitrogen and oxygen atoms in total. The van der Waals surface area contributed by atoms with Gasteiger partial charge in [-0.2, -0.15) is 0 Å². The number of fused-ring (bicyclic) bond motifs is 2. The van der Waals surface area contributed by atoms with Gasteiger partial charge in [-0.05, 0) is 84.3 Å². The average molecular weight is 810 g/mol. The number of carbonyl (C=O) groups is 2. The highest BCUT2D eigenvalue weighted by molar-refractivity contribution is 9.10. The topological polar surface area (TPSA) is 145 Å². The molecule has 0 radical (unpaired) electrons. The maximum Gasteiger partial charge on any atom is 0.264 e. The highest BCUT2D eigenvalue weighted by Crippen LogP contribution is 2.60. The van der Waals surface area contributed by atoms with Crippen molar-refractivity contribution in [1.82, 2.24) is 15.0 Å². The lowest BCUT2D eigenvalue weighted by Crippen LogP contribution is -2.51. The van der Waals surface area contributed by atoms with E-state index in [1.807, 2.05) is 65.7 Å². The number of amides is 2. The zero-order valence-electron chi connectivity index (χ0n) is 30.8. The van der Waals surface area contributed by atoms with E-state index in [0.717, 1.165) is 32.7 Å². The molecular weight excluding hydrogens is 764 g/mol. The first-order valence-electron chi connectivity index (χ1n) is 18.1. The molecular formula is C41H45BrN6O5Si. The van der Waals surface area contributed by atoms with Crippen LogP contribution in [0.5, 0.6) is 5.75 Å². The third kappa shape index (κ3) is 6.97. The monoisotopic (exact) mass is 808 g/mol. The lowest BCUT2D eigenvalue weighted by Gasteiger charge is -2.37. The highest BCUT2D eigenvalue weighted by atomic mass is 79.9. The number of anilines is 3. The minimum atomic E-state index is -2.34. The van der Waals surface area contributed by atoms with Gasteiger partial charge < -0.3 is 30.5 Å². The van der Waals surface area contributed by atoms with Crippen molar-refractivity contribution in [2.75, 3.05) is 29.7 Å². The third-order valence-corrected chi connectivity index (χ3v) is 16.0. The number of hydrogen-bond acceptors (Lipinski definition) is 8. The van der Waals surface area contributed by atoms with Crippen LogP contribution in [0.15, 0.2) is 102 Å². The first kappa shape index (κ1) is 37.5. The van der Waals surface area contributed by atoms with E-state index in [1.54, 1.807) is 36.1 Å². The Morgan fingerprint density at radius 1 is 1.06 bits per heavy atom. The van der Waals surface area contributed by atoms with Gasteiger partial charge in [0.15, 0.2) is 5.60 Å².